The van der Waals surface area contributed by atoms with E-state index < -0.39 is 5.97 Å². The molecule has 2 N–H and O–H groups in total. The van der Waals surface area contributed by atoms with Gasteiger partial charge in [0, 0.05) is 0 Å². The van der Waals surface area contributed by atoms with Gasteiger partial charge in [-0.1, -0.05) is 54.6 Å². The zero-order chi connectivity index (χ0) is 21.8. The molecule has 0 aliphatic carbocycles. The minimum atomic E-state index is -0.991. The predicted octanol–water partition coefficient (Wildman–Crippen LogP) is 6.70. The minimum absolute atomic E-state index is 0.220. The molecule has 0 fully saturated rings. The van der Waals surface area contributed by atoms with Gasteiger partial charge in [0.05, 0.1) is 5.56 Å². The fraction of sp³-hybridized carbons (Fsp3) is 0.0741. The van der Waals surface area contributed by atoms with Crippen LogP contribution in [-0.4, -0.2) is 16.2 Å². The van der Waals surface area contributed by atoms with Crippen LogP contribution in [0.5, 0.6) is 5.75 Å². The van der Waals surface area contributed by atoms with Crippen molar-refractivity contribution in [2.45, 2.75) is 12.8 Å². The largest absolute Gasteiger partial charge is 0.508 e. The average molecular weight is 412 g/mol. The van der Waals surface area contributed by atoms with E-state index in [1.807, 2.05) is 42.5 Å². The zero-order valence-electron chi connectivity index (χ0n) is 16.8. The van der Waals surface area contributed by atoms with E-state index in [1.165, 1.54) is 12.1 Å². The molecule has 0 spiro atoms. The normalized spacial score (nSPS) is 11.3. The van der Waals surface area contributed by atoms with Crippen molar-refractivity contribution in [1.29, 1.82) is 0 Å². The lowest BCUT2D eigenvalue weighted by molar-refractivity contribution is 0.0696. The first-order valence-electron chi connectivity index (χ1n) is 10.0. The molecule has 0 saturated carbocycles. The summed E-state index contributed by atoms with van der Waals surface area (Å²) in [7, 11) is 0. The van der Waals surface area contributed by atoms with Gasteiger partial charge in [-0.3, -0.25) is 0 Å². The summed E-state index contributed by atoms with van der Waals surface area (Å²) >= 11 is 0. The van der Waals surface area contributed by atoms with Crippen LogP contribution in [0.15, 0.2) is 84.9 Å². The van der Waals surface area contributed by atoms with Crippen molar-refractivity contribution in [1.82, 2.24) is 0 Å². The molecule has 4 aromatic rings. The van der Waals surface area contributed by atoms with Gasteiger partial charge in [0.2, 0.25) is 0 Å². The molecular formula is C27H21FO3. The van der Waals surface area contributed by atoms with Gasteiger partial charge in [-0.15, -0.1) is 0 Å². The predicted molar refractivity (Wildman–Crippen MR) is 122 cm³/mol. The maximum atomic E-state index is 13.2. The second kappa shape index (κ2) is 8.84. The van der Waals surface area contributed by atoms with E-state index in [2.05, 4.69) is 0 Å². The van der Waals surface area contributed by atoms with Crippen LogP contribution in [0.4, 0.5) is 4.39 Å². The van der Waals surface area contributed by atoms with Crippen LogP contribution in [0.25, 0.3) is 28.0 Å². The smallest absolute Gasteiger partial charge is 0.336 e. The maximum Gasteiger partial charge on any atom is 0.336 e. The fourth-order valence-electron chi connectivity index (χ4n) is 3.71. The molecule has 4 aromatic carbocycles. The summed E-state index contributed by atoms with van der Waals surface area (Å²) in [5.74, 6) is -1.07. The van der Waals surface area contributed by atoms with E-state index in [4.69, 9.17) is 0 Å². The van der Waals surface area contributed by atoms with Gasteiger partial charge in [-0.05, 0) is 82.3 Å². The topological polar surface area (TPSA) is 57.5 Å². The molecule has 0 radical (unpaired) electrons. The van der Waals surface area contributed by atoms with Gasteiger partial charge in [-0.2, -0.15) is 0 Å². The second-order valence-electron chi connectivity index (χ2n) is 7.38. The molecule has 4 rings (SSSR count). The Kier molecular flexibility index (Phi) is 5.80. The van der Waals surface area contributed by atoms with Crippen LogP contribution in [0.1, 0.15) is 27.9 Å². The molecule has 154 valence electrons. The van der Waals surface area contributed by atoms with Crippen molar-refractivity contribution in [2.75, 3.05) is 0 Å². The molecule has 0 atom stereocenters. The molecule has 0 aliphatic heterocycles. The van der Waals surface area contributed by atoms with Crippen molar-refractivity contribution in [3.8, 4) is 16.9 Å². The van der Waals surface area contributed by atoms with Crippen LogP contribution in [-0.2, 0) is 6.42 Å². The standard InChI is InChI=1S/C27H21FO3/c28-23-12-8-18(9-13-23)21-11-15-25(27(30)31)22(16-21)5-2-1-4-19-6-3-7-20-10-14-24(29)17-26(19)20/h2-3,5-17,29H,1,4H2,(H,30,31)/b5-2+. The first-order chi connectivity index (χ1) is 15.0. The number of aromatic carboxylic acids is 1. The molecule has 0 bridgehead atoms. The number of phenols is 1. The van der Waals surface area contributed by atoms with E-state index in [1.54, 1.807) is 36.4 Å². The summed E-state index contributed by atoms with van der Waals surface area (Å²) in [6.07, 6.45) is 5.25. The lowest BCUT2D eigenvalue weighted by Gasteiger charge is -2.07. The fourth-order valence-corrected chi connectivity index (χ4v) is 3.71. The van der Waals surface area contributed by atoms with Crippen molar-refractivity contribution >= 4 is 22.8 Å². The average Bonchev–Trinajstić information content (AvgIpc) is 2.77. The lowest BCUT2D eigenvalue weighted by Crippen LogP contribution is -1.99. The first-order valence-corrected chi connectivity index (χ1v) is 10.0. The Balaban J connectivity index is 1.57. The molecule has 0 unspecified atom stereocenters. The number of carboxylic acids is 1. The minimum Gasteiger partial charge on any atom is -0.508 e. The van der Waals surface area contributed by atoms with E-state index in [0.717, 1.165) is 33.9 Å². The number of phenolic OH excluding ortho intramolecular Hbond substituents is 1. The number of benzene rings is 4. The van der Waals surface area contributed by atoms with Gasteiger partial charge in [0.15, 0.2) is 0 Å². The highest BCUT2D eigenvalue weighted by Crippen LogP contribution is 2.26. The summed E-state index contributed by atoms with van der Waals surface area (Å²) < 4.78 is 13.2. The third-order valence-electron chi connectivity index (χ3n) is 5.29. The molecule has 0 aromatic heterocycles. The van der Waals surface area contributed by atoms with Crippen LogP contribution in [0.2, 0.25) is 0 Å². The van der Waals surface area contributed by atoms with Crippen LogP contribution >= 0.6 is 0 Å². The number of halogens is 1. The molecule has 0 amide bonds. The summed E-state index contributed by atoms with van der Waals surface area (Å²) in [5, 5.41) is 21.4. The van der Waals surface area contributed by atoms with Crippen molar-refractivity contribution in [3.05, 3.63) is 107 Å². The Bertz CT molecular complexity index is 1270. The number of rotatable bonds is 6. The van der Waals surface area contributed by atoms with Crippen molar-refractivity contribution in [2.24, 2.45) is 0 Å². The summed E-state index contributed by atoms with van der Waals surface area (Å²) in [4.78, 5) is 11.6. The van der Waals surface area contributed by atoms with E-state index >= 15 is 0 Å². The SMILES string of the molecule is O=C(O)c1ccc(-c2ccc(F)cc2)cc1/C=C/CCc1cccc2ccc(O)cc12. The van der Waals surface area contributed by atoms with Crippen molar-refractivity contribution < 1.29 is 19.4 Å². The number of hydrogen-bond donors (Lipinski definition) is 2. The number of aryl methyl sites for hydroxylation is 1. The number of carboxylic acid groups (broad SMARTS) is 1. The molecule has 3 nitrogen and oxygen atoms in total. The monoisotopic (exact) mass is 412 g/mol. The molecule has 0 aliphatic rings. The third-order valence-corrected chi connectivity index (χ3v) is 5.29. The van der Waals surface area contributed by atoms with Crippen LogP contribution < -0.4 is 0 Å². The number of fused-ring (bicyclic) bond motifs is 1. The van der Waals surface area contributed by atoms with Crippen LogP contribution in [0, 0.1) is 5.82 Å². The Morgan fingerprint density at radius 2 is 1.68 bits per heavy atom. The first kappa shape index (κ1) is 20.4. The van der Waals surface area contributed by atoms with Crippen molar-refractivity contribution in [3.63, 3.8) is 0 Å². The Labute approximate surface area is 179 Å². The Morgan fingerprint density at radius 3 is 2.45 bits per heavy atom. The van der Waals surface area contributed by atoms with Gasteiger partial charge in [0.25, 0.3) is 0 Å². The highest BCUT2D eigenvalue weighted by Gasteiger charge is 2.10. The number of hydrogen-bond acceptors (Lipinski definition) is 2. The number of allylic oxidation sites excluding steroid dienone is 1. The highest BCUT2D eigenvalue weighted by molar-refractivity contribution is 5.93. The quantitative estimate of drug-likeness (QED) is 0.371. The Morgan fingerprint density at radius 1 is 0.903 bits per heavy atom. The van der Waals surface area contributed by atoms with Crippen LogP contribution in [0.3, 0.4) is 0 Å². The number of aromatic hydroxyl groups is 1. The molecule has 4 heteroatoms. The molecular weight excluding hydrogens is 391 g/mol. The second-order valence-corrected chi connectivity index (χ2v) is 7.38. The van der Waals surface area contributed by atoms with Gasteiger partial charge in [-0.25, -0.2) is 9.18 Å². The van der Waals surface area contributed by atoms with E-state index in [9.17, 15) is 19.4 Å². The summed E-state index contributed by atoms with van der Waals surface area (Å²) in [5.41, 5.74) is 3.59. The zero-order valence-corrected chi connectivity index (χ0v) is 16.8. The maximum absolute atomic E-state index is 13.2. The molecule has 0 heterocycles. The Hall–Kier alpha value is -3.92. The summed E-state index contributed by atoms with van der Waals surface area (Å²) in [6, 6.07) is 22.6. The lowest BCUT2D eigenvalue weighted by atomic mass is 9.97. The molecule has 0 saturated heterocycles. The van der Waals surface area contributed by atoms with E-state index in [0.29, 0.717) is 12.0 Å². The third kappa shape index (κ3) is 4.64. The number of carbonyl (C=O) groups is 1. The molecule has 31 heavy (non-hydrogen) atoms. The van der Waals surface area contributed by atoms with Gasteiger partial charge >= 0.3 is 5.97 Å². The highest BCUT2D eigenvalue weighted by atomic mass is 19.1. The van der Waals surface area contributed by atoms with Gasteiger partial charge in [0.1, 0.15) is 11.6 Å². The summed E-state index contributed by atoms with van der Waals surface area (Å²) in [6.45, 7) is 0. The van der Waals surface area contributed by atoms with Gasteiger partial charge < -0.3 is 10.2 Å². The van der Waals surface area contributed by atoms with E-state index in [-0.39, 0.29) is 17.1 Å².